The molecule has 0 radical (unpaired) electrons. The highest BCUT2D eigenvalue weighted by Crippen LogP contribution is 2.16. The largest absolute Gasteiger partial charge is 0.344 e. The molecule has 0 aliphatic rings. The SMILES string of the molecule is CC(C)CC(C)(C)NC(=O)n1nnc2ccccc21. The average Bonchev–Trinajstić information content (AvgIpc) is 2.69. The number of para-hydroxylation sites is 1. The van der Waals surface area contributed by atoms with Gasteiger partial charge < -0.3 is 5.32 Å². The Bertz CT molecular complexity index is 586. The fourth-order valence-electron chi connectivity index (χ4n) is 2.43. The Morgan fingerprint density at radius 1 is 1.37 bits per heavy atom. The van der Waals surface area contributed by atoms with E-state index in [0.29, 0.717) is 5.92 Å². The topological polar surface area (TPSA) is 59.8 Å². The number of carbonyl (C=O) groups excluding carboxylic acids is 1. The van der Waals surface area contributed by atoms with Crippen LogP contribution in [0.25, 0.3) is 11.0 Å². The van der Waals surface area contributed by atoms with Gasteiger partial charge in [0.1, 0.15) is 5.52 Å². The maximum absolute atomic E-state index is 12.3. The lowest BCUT2D eigenvalue weighted by atomic mass is 9.93. The molecule has 5 heteroatoms. The summed E-state index contributed by atoms with van der Waals surface area (Å²) < 4.78 is 1.32. The first-order valence-corrected chi connectivity index (χ1v) is 6.52. The van der Waals surface area contributed by atoms with Gasteiger partial charge in [0.2, 0.25) is 0 Å². The number of rotatable bonds is 3. The summed E-state index contributed by atoms with van der Waals surface area (Å²) in [5, 5.41) is 10.9. The van der Waals surface area contributed by atoms with Gasteiger partial charge in [-0.1, -0.05) is 31.2 Å². The lowest BCUT2D eigenvalue weighted by Crippen LogP contribution is -2.46. The summed E-state index contributed by atoms with van der Waals surface area (Å²) in [5.74, 6) is 0.516. The zero-order chi connectivity index (χ0) is 14.0. The van der Waals surface area contributed by atoms with Crippen molar-refractivity contribution in [3.8, 4) is 0 Å². The second kappa shape index (κ2) is 4.99. The minimum absolute atomic E-state index is 0.237. The second-order valence-electron chi connectivity index (χ2n) is 5.90. The van der Waals surface area contributed by atoms with Crippen molar-refractivity contribution in [1.29, 1.82) is 0 Å². The molecule has 0 atom stereocenters. The molecule has 102 valence electrons. The molecule has 2 rings (SSSR count). The molecule has 0 aliphatic carbocycles. The minimum Gasteiger partial charge on any atom is -0.331 e. The Morgan fingerprint density at radius 2 is 2.05 bits per heavy atom. The molecule has 0 saturated heterocycles. The van der Waals surface area contributed by atoms with Crippen LogP contribution in [0, 0.1) is 5.92 Å². The quantitative estimate of drug-likeness (QED) is 0.923. The summed E-state index contributed by atoms with van der Waals surface area (Å²) in [6, 6.07) is 7.19. The summed E-state index contributed by atoms with van der Waals surface area (Å²) in [6.45, 7) is 8.31. The molecule has 1 heterocycles. The number of hydrogen-bond acceptors (Lipinski definition) is 3. The van der Waals surface area contributed by atoms with Crippen LogP contribution in [-0.2, 0) is 0 Å². The smallest absolute Gasteiger partial charge is 0.331 e. The van der Waals surface area contributed by atoms with Crippen molar-refractivity contribution in [2.24, 2.45) is 5.92 Å². The molecule has 1 aromatic carbocycles. The number of aromatic nitrogens is 3. The Hall–Kier alpha value is -1.91. The first kappa shape index (κ1) is 13.5. The molecular weight excluding hydrogens is 240 g/mol. The maximum atomic E-state index is 12.3. The Balaban J connectivity index is 2.20. The van der Waals surface area contributed by atoms with Gasteiger partial charge in [-0.05, 0) is 38.3 Å². The van der Waals surface area contributed by atoms with Crippen LogP contribution in [0.3, 0.4) is 0 Å². The van der Waals surface area contributed by atoms with Gasteiger partial charge in [-0.25, -0.2) is 4.79 Å². The predicted molar refractivity (Wildman–Crippen MR) is 75.0 cm³/mol. The molecular formula is C14H20N4O. The van der Waals surface area contributed by atoms with Gasteiger partial charge in [0, 0.05) is 5.54 Å². The van der Waals surface area contributed by atoms with Crippen molar-refractivity contribution < 1.29 is 4.79 Å². The van der Waals surface area contributed by atoms with Crippen LogP contribution in [0.5, 0.6) is 0 Å². The van der Waals surface area contributed by atoms with Gasteiger partial charge in [-0.15, -0.1) is 5.10 Å². The van der Waals surface area contributed by atoms with Crippen LogP contribution in [-0.4, -0.2) is 26.6 Å². The molecule has 0 spiro atoms. The van der Waals surface area contributed by atoms with Gasteiger partial charge in [-0.3, -0.25) is 0 Å². The van der Waals surface area contributed by atoms with Crippen molar-refractivity contribution >= 4 is 17.1 Å². The van der Waals surface area contributed by atoms with E-state index in [1.165, 1.54) is 4.68 Å². The number of nitrogens with zero attached hydrogens (tertiary/aromatic N) is 3. The summed E-state index contributed by atoms with van der Waals surface area (Å²) >= 11 is 0. The number of carbonyl (C=O) groups is 1. The van der Waals surface area contributed by atoms with Crippen LogP contribution < -0.4 is 5.32 Å². The van der Waals surface area contributed by atoms with Gasteiger partial charge in [0.05, 0.1) is 5.52 Å². The van der Waals surface area contributed by atoms with Crippen LogP contribution >= 0.6 is 0 Å². The normalized spacial score (nSPS) is 12.1. The third-order valence-corrected chi connectivity index (χ3v) is 2.91. The molecule has 1 amide bonds. The molecule has 0 unspecified atom stereocenters. The van der Waals surface area contributed by atoms with Crippen molar-refractivity contribution in [2.45, 2.75) is 39.7 Å². The second-order valence-corrected chi connectivity index (χ2v) is 5.90. The Kier molecular flexibility index (Phi) is 3.55. The molecule has 0 bridgehead atoms. The van der Waals surface area contributed by atoms with Gasteiger partial charge >= 0.3 is 6.03 Å². The zero-order valence-corrected chi connectivity index (χ0v) is 11.8. The monoisotopic (exact) mass is 260 g/mol. The highest BCUT2D eigenvalue weighted by atomic mass is 16.2. The van der Waals surface area contributed by atoms with Crippen LogP contribution in [0.2, 0.25) is 0 Å². The standard InChI is InChI=1S/C14H20N4O/c1-10(2)9-14(3,4)15-13(19)18-12-8-6-5-7-11(12)16-17-18/h5-8,10H,9H2,1-4H3,(H,15,19). The molecule has 1 aromatic heterocycles. The van der Waals surface area contributed by atoms with Crippen molar-refractivity contribution in [3.63, 3.8) is 0 Å². The van der Waals surface area contributed by atoms with Gasteiger partial charge in [0.25, 0.3) is 0 Å². The maximum Gasteiger partial charge on any atom is 0.344 e. The summed E-state index contributed by atoms with van der Waals surface area (Å²) in [5.41, 5.74) is 1.18. The van der Waals surface area contributed by atoms with E-state index in [2.05, 4.69) is 29.5 Å². The number of hydrogen-bond donors (Lipinski definition) is 1. The van der Waals surface area contributed by atoms with Crippen molar-refractivity contribution in [3.05, 3.63) is 24.3 Å². The highest BCUT2D eigenvalue weighted by molar-refractivity contribution is 5.87. The number of benzene rings is 1. The van der Waals surface area contributed by atoms with Crippen LogP contribution in [0.4, 0.5) is 4.79 Å². The number of nitrogens with one attached hydrogen (secondary N) is 1. The minimum atomic E-state index is -0.266. The van der Waals surface area contributed by atoms with Crippen molar-refractivity contribution in [2.75, 3.05) is 0 Å². The molecule has 0 aliphatic heterocycles. The van der Waals surface area contributed by atoms with E-state index in [1.807, 2.05) is 38.1 Å². The third-order valence-electron chi connectivity index (χ3n) is 2.91. The van der Waals surface area contributed by atoms with Crippen LogP contribution in [0.1, 0.15) is 34.1 Å². The number of fused-ring (bicyclic) bond motifs is 1. The van der Waals surface area contributed by atoms with Crippen molar-refractivity contribution in [1.82, 2.24) is 20.3 Å². The Morgan fingerprint density at radius 3 is 2.74 bits per heavy atom. The zero-order valence-electron chi connectivity index (χ0n) is 11.8. The molecule has 1 N–H and O–H groups in total. The average molecular weight is 260 g/mol. The summed E-state index contributed by atoms with van der Waals surface area (Å²) in [6.07, 6.45) is 0.908. The molecule has 5 nitrogen and oxygen atoms in total. The molecule has 0 fully saturated rings. The van der Waals surface area contributed by atoms with E-state index in [9.17, 15) is 4.79 Å². The van der Waals surface area contributed by atoms with E-state index in [0.717, 1.165) is 17.5 Å². The molecule has 2 aromatic rings. The molecule has 0 saturated carbocycles. The predicted octanol–water partition coefficient (Wildman–Crippen LogP) is 2.81. The van der Waals surface area contributed by atoms with E-state index in [-0.39, 0.29) is 11.6 Å². The summed E-state index contributed by atoms with van der Waals surface area (Å²) in [4.78, 5) is 12.3. The fraction of sp³-hybridized carbons (Fsp3) is 0.500. The first-order chi connectivity index (χ1) is 8.89. The Labute approximate surface area is 113 Å². The van der Waals surface area contributed by atoms with E-state index in [1.54, 1.807) is 0 Å². The number of amides is 1. The van der Waals surface area contributed by atoms with Crippen LogP contribution in [0.15, 0.2) is 24.3 Å². The van der Waals surface area contributed by atoms with E-state index < -0.39 is 0 Å². The lowest BCUT2D eigenvalue weighted by molar-refractivity contribution is 0.223. The van der Waals surface area contributed by atoms with E-state index >= 15 is 0 Å². The lowest BCUT2D eigenvalue weighted by Gasteiger charge is -2.27. The first-order valence-electron chi connectivity index (χ1n) is 6.52. The highest BCUT2D eigenvalue weighted by Gasteiger charge is 2.23. The molecule has 19 heavy (non-hydrogen) atoms. The van der Waals surface area contributed by atoms with E-state index in [4.69, 9.17) is 0 Å². The fourth-order valence-corrected chi connectivity index (χ4v) is 2.43. The third kappa shape index (κ3) is 3.10. The van der Waals surface area contributed by atoms with Gasteiger partial charge in [-0.2, -0.15) is 4.68 Å². The summed E-state index contributed by atoms with van der Waals surface area (Å²) in [7, 11) is 0. The van der Waals surface area contributed by atoms with Gasteiger partial charge in [0.15, 0.2) is 0 Å².